The summed E-state index contributed by atoms with van der Waals surface area (Å²) in [5.41, 5.74) is 6.20. The Morgan fingerprint density at radius 3 is 2.69 bits per heavy atom. The molecule has 1 aliphatic rings. The summed E-state index contributed by atoms with van der Waals surface area (Å²) in [5.74, 6) is 0. The largest absolute Gasteiger partial charge is 0.411 e. The molecule has 0 spiro atoms. The number of fused-ring (bicyclic) bond motifs is 3. The molecule has 1 N–H and O–H groups in total. The molecule has 2 aromatic carbocycles. The van der Waals surface area contributed by atoms with Gasteiger partial charge in [0, 0.05) is 0 Å². The Morgan fingerprint density at radius 1 is 1.00 bits per heavy atom. The fourth-order valence-corrected chi connectivity index (χ4v) is 2.29. The molecule has 0 saturated carbocycles. The zero-order valence-corrected chi connectivity index (χ0v) is 8.72. The molecule has 0 heterocycles. The Labute approximate surface area is 93.9 Å². The minimum Gasteiger partial charge on any atom is -0.411 e. The van der Waals surface area contributed by atoms with E-state index in [9.17, 15) is 0 Å². The van der Waals surface area contributed by atoms with Gasteiger partial charge in [0.15, 0.2) is 0 Å². The van der Waals surface area contributed by atoms with Crippen LogP contribution in [0, 0.1) is 0 Å². The zero-order valence-electron chi connectivity index (χ0n) is 8.72. The maximum atomic E-state index is 8.53. The molecule has 0 saturated heterocycles. The quantitative estimate of drug-likeness (QED) is 0.373. The van der Waals surface area contributed by atoms with Crippen LogP contribution >= 0.6 is 0 Å². The topological polar surface area (TPSA) is 32.6 Å². The predicted molar refractivity (Wildman–Crippen MR) is 64.1 cm³/mol. The molecular weight excluding hydrogens is 198 g/mol. The monoisotopic (exact) mass is 209 g/mol. The van der Waals surface area contributed by atoms with Crippen LogP contribution in [0.25, 0.3) is 11.1 Å². The highest BCUT2D eigenvalue weighted by molar-refractivity contribution is 5.85. The average Bonchev–Trinajstić information content (AvgIpc) is 2.68. The number of oxime groups is 1. The lowest BCUT2D eigenvalue weighted by Crippen LogP contribution is -1.84. The van der Waals surface area contributed by atoms with E-state index >= 15 is 0 Å². The first kappa shape index (κ1) is 9.16. The Morgan fingerprint density at radius 2 is 1.81 bits per heavy atom. The van der Waals surface area contributed by atoms with E-state index in [0.29, 0.717) is 0 Å². The van der Waals surface area contributed by atoms with Crippen molar-refractivity contribution in [1.29, 1.82) is 0 Å². The van der Waals surface area contributed by atoms with Crippen molar-refractivity contribution in [2.24, 2.45) is 5.16 Å². The van der Waals surface area contributed by atoms with Crippen molar-refractivity contribution in [2.45, 2.75) is 6.42 Å². The molecule has 0 atom stereocenters. The number of rotatable bonds is 1. The summed E-state index contributed by atoms with van der Waals surface area (Å²) >= 11 is 0. The molecule has 0 fully saturated rings. The van der Waals surface area contributed by atoms with Crippen molar-refractivity contribution < 1.29 is 5.21 Å². The third kappa shape index (κ3) is 1.31. The zero-order chi connectivity index (χ0) is 11.0. The Hall–Kier alpha value is -2.09. The van der Waals surface area contributed by atoms with Crippen LogP contribution in [0.1, 0.15) is 16.7 Å². The molecule has 2 heteroatoms. The standard InChI is InChI=1S/C14H11NO/c16-15-9-10-5-6-12-8-11-3-1-2-4-13(11)14(12)7-10/h1-7,9,16H,8H2/b15-9+. The summed E-state index contributed by atoms with van der Waals surface area (Å²) in [6.45, 7) is 0. The summed E-state index contributed by atoms with van der Waals surface area (Å²) < 4.78 is 0. The van der Waals surface area contributed by atoms with Gasteiger partial charge >= 0.3 is 0 Å². The van der Waals surface area contributed by atoms with Crippen molar-refractivity contribution in [3.05, 3.63) is 59.2 Å². The van der Waals surface area contributed by atoms with Gasteiger partial charge in [-0.2, -0.15) is 0 Å². The summed E-state index contributed by atoms with van der Waals surface area (Å²) in [5, 5.41) is 11.6. The van der Waals surface area contributed by atoms with Gasteiger partial charge in [-0.15, -0.1) is 0 Å². The third-order valence-electron chi connectivity index (χ3n) is 3.03. The van der Waals surface area contributed by atoms with Crippen molar-refractivity contribution in [3.8, 4) is 11.1 Å². The molecule has 2 nitrogen and oxygen atoms in total. The molecule has 0 aromatic heterocycles. The van der Waals surface area contributed by atoms with Gasteiger partial charge in [-0.05, 0) is 40.3 Å². The van der Waals surface area contributed by atoms with Crippen molar-refractivity contribution in [3.63, 3.8) is 0 Å². The van der Waals surface area contributed by atoms with Crippen molar-refractivity contribution in [2.75, 3.05) is 0 Å². The van der Waals surface area contributed by atoms with Crippen LogP contribution in [0.3, 0.4) is 0 Å². The molecule has 16 heavy (non-hydrogen) atoms. The van der Waals surface area contributed by atoms with Crippen molar-refractivity contribution >= 4 is 6.21 Å². The third-order valence-corrected chi connectivity index (χ3v) is 3.03. The lowest BCUT2D eigenvalue weighted by Gasteiger charge is -2.01. The van der Waals surface area contributed by atoms with E-state index in [-0.39, 0.29) is 0 Å². The van der Waals surface area contributed by atoms with Crippen molar-refractivity contribution in [1.82, 2.24) is 0 Å². The Balaban J connectivity index is 2.18. The SMILES string of the molecule is O/N=C/c1ccc2c(c1)-c1ccccc1C2. The lowest BCUT2D eigenvalue weighted by molar-refractivity contribution is 0.322. The van der Waals surface area contributed by atoms with Crippen LogP contribution in [0.5, 0.6) is 0 Å². The fraction of sp³-hybridized carbons (Fsp3) is 0.0714. The minimum absolute atomic E-state index is 0.929. The molecule has 3 rings (SSSR count). The average molecular weight is 209 g/mol. The molecule has 0 aliphatic heterocycles. The minimum atomic E-state index is 0.929. The fourth-order valence-electron chi connectivity index (χ4n) is 2.29. The van der Waals surface area contributed by atoms with E-state index in [1.165, 1.54) is 28.5 Å². The highest BCUT2D eigenvalue weighted by atomic mass is 16.4. The van der Waals surface area contributed by atoms with Gasteiger partial charge in [0.25, 0.3) is 0 Å². The first-order chi connectivity index (χ1) is 7.88. The van der Waals surface area contributed by atoms with E-state index in [2.05, 4.69) is 41.6 Å². The first-order valence-electron chi connectivity index (χ1n) is 5.27. The van der Waals surface area contributed by atoms with Gasteiger partial charge in [0.05, 0.1) is 6.21 Å². The van der Waals surface area contributed by atoms with Gasteiger partial charge in [-0.3, -0.25) is 0 Å². The van der Waals surface area contributed by atoms with Crippen LogP contribution in [0.15, 0.2) is 47.6 Å². The molecule has 0 unspecified atom stereocenters. The Kier molecular flexibility index (Phi) is 2.00. The molecule has 78 valence electrons. The highest BCUT2D eigenvalue weighted by Crippen LogP contribution is 2.36. The second kappa shape index (κ2) is 3.49. The second-order valence-corrected chi connectivity index (χ2v) is 4.00. The summed E-state index contributed by atoms with van der Waals surface area (Å²) in [6, 6.07) is 14.6. The van der Waals surface area contributed by atoms with Gasteiger partial charge in [0.1, 0.15) is 0 Å². The van der Waals surface area contributed by atoms with Gasteiger partial charge in [-0.25, -0.2) is 0 Å². The molecular formula is C14H11NO. The van der Waals surface area contributed by atoms with Crippen LogP contribution in [0.2, 0.25) is 0 Å². The maximum Gasteiger partial charge on any atom is 0.0734 e. The normalized spacial score (nSPS) is 12.8. The molecule has 0 bridgehead atoms. The molecule has 2 aromatic rings. The Bertz CT molecular complexity index is 573. The van der Waals surface area contributed by atoms with Crippen LogP contribution in [-0.2, 0) is 6.42 Å². The first-order valence-corrected chi connectivity index (χ1v) is 5.27. The molecule has 1 aliphatic carbocycles. The van der Waals surface area contributed by atoms with Crippen LogP contribution in [-0.4, -0.2) is 11.4 Å². The molecule has 0 amide bonds. The maximum absolute atomic E-state index is 8.53. The van der Waals surface area contributed by atoms with Gasteiger partial charge < -0.3 is 5.21 Å². The lowest BCUT2D eigenvalue weighted by atomic mass is 10.0. The van der Waals surface area contributed by atoms with E-state index < -0.39 is 0 Å². The number of hydrogen-bond donors (Lipinski definition) is 1. The van der Waals surface area contributed by atoms with E-state index in [4.69, 9.17) is 5.21 Å². The van der Waals surface area contributed by atoms with Crippen LogP contribution in [0.4, 0.5) is 0 Å². The summed E-state index contributed by atoms with van der Waals surface area (Å²) in [6.07, 6.45) is 2.46. The summed E-state index contributed by atoms with van der Waals surface area (Å²) in [7, 11) is 0. The van der Waals surface area contributed by atoms with Crippen LogP contribution < -0.4 is 0 Å². The van der Waals surface area contributed by atoms with E-state index in [0.717, 1.165) is 12.0 Å². The smallest absolute Gasteiger partial charge is 0.0734 e. The van der Waals surface area contributed by atoms with Gasteiger partial charge in [0.2, 0.25) is 0 Å². The number of nitrogens with zero attached hydrogens (tertiary/aromatic N) is 1. The highest BCUT2D eigenvalue weighted by Gasteiger charge is 2.17. The van der Waals surface area contributed by atoms with E-state index in [1.807, 2.05) is 6.07 Å². The van der Waals surface area contributed by atoms with Gasteiger partial charge in [-0.1, -0.05) is 41.6 Å². The van der Waals surface area contributed by atoms with E-state index in [1.54, 1.807) is 0 Å². The predicted octanol–water partition coefficient (Wildman–Crippen LogP) is 3.07. The summed E-state index contributed by atoms with van der Waals surface area (Å²) in [4.78, 5) is 0. The molecule has 0 radical (unpaired) electrons. The number of hydrogen-bond acceptors (Lipinski definition) is 2. The number of benzene rings is 2. The second-order valence-electron chi connectivity index (χ2n) is 4.00.